The van der Waals surface area contributed by atoms with Gasteiger partial charge in [0.1, 0.15) is 17.1 Å². The molecule has 1 atom stereocenters. The maximum absolute atomic E-state index is 11.4. The number of benzene rings is 1. The van der Waals surface area contributed by atoms with Crippen LogP contribution in [0.3, 0.4) is 0 Å². The summed E-state index contributed by atoms with van der Waals surface area (Å²) in [7, 11) is 0. The molecule has 1 aromatic rings. The van der Waals surface area contributed by atoms with Gasteiger partial charge in [-0.05, 0) is 109 Å². The van der Waals surface area contributed by atoms with Gasteiger partial charge in [-0.3, -0.25) is 0 Å². The van der Waals surface area contributed by atoms with Crippen molar-refractivity contribution in [3.05, 3.63) is 58.2 Å². The molecule has 1 aliphatic rings. The molecule has 0 saturated carbocycles. The highest BCUT2D eigenvalue weighted by atomic mass is 16.5. The number of aromatic hydroxyl groups is 1. The monoisotopic (exact) mass is 426 g/mol. The molecule has 0 saturated heterocycles. The zero-order chi connectivity index (χ0) is 23.0. The summed E-state index contributed by atoms with van der Waals surface area (Å²) >= 11 is 0. The first-order valence-corrected chi connectivity index (χ1v) is 11.3. The molecular formula is C27H38O4. The molecule has 1 heterocycles. The van der Waals surface area contributed by atoms with E-state index in [-0.39, 0.29) is 5.60 Å². The number of carboxylic acids is 1. The van der Waals surface area contributed by atoms with E-state index in [9.17, 15) is 15.0 Å². The lowest BCUT2D eigenvalue weighted by molar-refractivity contribution is -0.132. The minimum atomic E-state index is -0.810. The lowest BCUT2D eigenvalue weighted by atomic mass is 9.87. The van der Waals surface area contributed by atoms with Gasteiger partial charge in [0.2, 0.25) is 0 Å². The van der Waals surface area contributed by atoms with Crippen LogP contribution in [0.1, 0.15) is 83.8 Å². The molecule has 170 valence electrons. The summed E-state index contributed by atoms with van der Waals surface area (Å²) in [5.74, 6) is 0.417. The Morgan fingerprint density at radius 1 is 1.10 bits per heavy atom. The highest BCUT2D eigenvalue weighted by Crippen LogP contribution is 2.39. The summed E-state index contributed by atoms with van der Waals surface area (Å²) in [5, 5.41) is 19.2. The Labute approximate surface area is 187 Å². The second-order valence-electron chi connectivity index (χ2n) is 9.29. The van der Waals surface area contributed by atoms with E-state index in [1.807, 2.05) is 32.9 Å². The third-order valence-corrected chi connectivity index (χ3v) is 5.94. The fourth-order valence-corrected chi connectivity index (χ4v) is 4.04. The number of carbonyl (C=O) groups is 1. The van der Waals surface area contributed by atoms with Crippen LogP contribution in [-0.2, 0) is 11.2 Å². The summed E-state index contributed by atoms with van der Waals surface area (Å²) in [6.07, 6.45) is 12.9. The van der Waals surface area contributed by atoms with Crippen molar-refractivity contribution in [2.24, 2.45) is 0 Å². The van der Waals surface area contributed by atoms with Gasteiger partial charge in [0, 0.05) is 5.57 Å². The SMILES string of the molecule is CC(C)=CCC/C(=C/CC/C(C)=C\CC[C@]1(C)CCc2cc(O)cc(C)c2O1)C(=O)O. The second kappa shape index (κ2) is 11.2. The van der Waals surface area contributed by atoms with Crippen molar-refractivity contribution in [3.63, 3.8) is 0 Å². The number of aryl methyl sites for hydroxylation is 2. The van der Waals surface area contributed by atoms with Crippen LogP contribution in [0.5, 0.6) is 11.5 Å². The van der Waals surface area contributed by atoms with Crippen LogP contribution in [0, 0.1) is 6.92 Å². The molecule has 0 fully saturated rings. The Balaban J connectivity index is 1.85. The molecule has 1 aliphatic heterocycles. The Morgan fingerprint density at radius 2 is 1.81 bits per heavy atom. The molecule has 2 N–H and O–H groups in total. The molecule has 31 heavy (non-hydrogen) atoms. The number of allylic oxidation sites excluding steroid dienone is 5. The van der Waals surface area contributed by atoms with E-state index in [1.54, 1.807) is 6.07 Å². The maximum Gasteiger partial charge on any atom is 0.331 e. The fourth-order valence-electron chi connectivity index (χ4n) is 4.04. The Hall–Kier alpha value is -2.49. The highest BCUT2D eigenvalue weighted by molar-refractivity contribution is 5.86. The number of aliphatic carboxylic acids is 1. The van der Waals surface area contributed by atoms with Gasteiger partial charge >= 0.3 is 5.97 Å². The normalized spacial score (nSPS) is 18.9. The largest absolute Gasteiger partial charge is 0.508 e. The van der Waals surface area contributed by atoms with Gasteiger partial charge in [-0.25, -0.2) is 4.79 Å². The van der Waals surface area contributed by atoms with Crippen LogP contribution in [-0.4, -0.2) is 21.8 Å². The van der Waals surface area contributed by atoms with Gasteiger partial charge in [0.25, 0.3) is 0 Å². The molecule has 0 bridgehead atoms. The van der Waals surface area contributed by atoms with E-state index < -0.39 is 5.97 Å². The number of hydrogen-bond acceptors (Lipinski definition) is 3. The number of fused-ring (bicyclic) bond motifs is 1. The van der Waals surface area contributed by atoms with E-state index >= 15 is 0 Å². The predicted octanol–water partition coefficient (Wildman–Crippen LogP) is 7.05. The van der Waals surface area contributed by atoms with Crippen LogP contribution in [0.15, 0.2) is 47.1 Å². The number of rotatable bonds is 10. The number of phenolic OH excluding ortho intramolecular Hbond substituents is 1. The standard InChI is InChI=1S/C27H38O4/c1-19(2)9-6-12-22(26(29)30)13-7-10-20(3)11-8-15-27(5)16-14-23-18-24(28)17-21(4)25(23)31-27/h9,11,13,17-18,28H,6-8,10,12,14-16H2,1-5H3,(H,29,30)/b20-11-,22-13-/t27-/m1/s1. The highest BCUT2D eigenvalue weighted by Gasteiger charge is 2.31. The summed E-state index contributed by atoms with van der Waals surface area (Å²) in [5.41, 5.74) is 4.88. The molecule has 0 aromatic heterocycles. The first kappa shape index (κ1) is 24.8. The fraction of sp³-hybridized carbons (Fsp3) is 0.519. The van der Waals surface area contributed by atoms with E-state index in [1.165, 1.54) is 11.1 Å². The predicted molar refractivity (Wildman–Crippen MR) is 127 cm³/mol. The Kier molecular flexibility index (Phi) is 8.97. The summed E-state index contributed by atoms with van der Waals surface area (Å²) in [4.78, 5) is 11.4. The third kappa shape index (κ3) is 7.93. The Bertz CT molecular complexity index is 871. The third-order valence-electron chi connectivity index (χ3n) is 5.94. The van der Waals surface area contributed by atoms with Crippen LogP contribution in [0.2, 0.25) is 0 Å². The average molecular weight is 427 g/mol. The van der Waals surface area contributed by atoms with Gasteiger partial charge in [0.15, 0.2) is 0 Å². The quantitative estimate of drug-likeness (QED) is 0.311. The second-order valence-corrected chi connectivity index (χ2v) is 9.29. The van der Waals surface area contributed by atoms with Gasteiger partial charge in [-0.15, -0.1) is 0 Å². The number of carboxylic acid groups (broad SMARTS) is 1. The van der Waals surface area contributed by atoms with Gasteiger partial charge in [-0.1, -0.05) is 29.4 Å². The molecule has 4 nitrogen and oxygen atoms in total. The van der Waals surface area contributed by atoms with E-state index in [0.717, 1.165) is 61.8 Å². The smallest absolute Gasteiger partial charge is 0.331 e. The maximum atomic E-state index is 11.4. The van der Waals surface area contributed by atoms with E-state index in [2.05, 4.69) is 26.0 Å². The molecule has 4 heteroatoms. The van der Waals surface area contributed by atoms with Crippen molar-refractivity contribution in [1.82, 2.24) is 0 Å². The molecule has 1 aromatic carbocycles. The minimum Gasteiger partial charge on any atom is -0.508 e. The van der Waals surface area contributed by atoms with Crippen molar-refractivity contribution < 1.29 is 19.7 Å². The number of hydrogen-bond donors (Lipinski definition) is 2. The van der Waals surface area contributed by atoms with Crippen LogP contribution >= 0.6 is 0 Å². The zero-order valence-electron chi connectivity index (χ0n) is 19.8. The van der Waals surface area contributed by atoms with Gasteiger partial charge < -0.3 is 14.9 Å². The summed E-state index contributed by atoms with van der Waals surface area (Å²) in [6, 6.07) is 3.57. The average Bonchev–Trinajstić information content (AvgIpc) is 2.67. The number of phenols is 1. The molecule has 0 aliphatic carbocycles. The van der Waals surface area contributed by atoms with Crippen LogP contribution in [0.25, 0.3) is 0 Å². The lowest BCUT2D eigenvalue weighted by Gasteiger charge is -2.36. The van der Waals surface area contributed by atoms with E-state index in [4.69, 9.17) is 4.74 Å². The minimum absolute atomic E-state index is 0.202. The first-order chi connectivity index (χ1) is 14.6. The van der Waals surface area contributed by atoms with Gasteiger partial charge in [-0.2, -0.15) is 0 Å². The molecule has 0 radical (unpaired) electrons. The molecule has 0 spiro atoms. The van der Waals surface area contributed by atoms with Crippen LogP contribution < -0.4 is 4.74 Å². The zero-order valence-corrected chi connectivity index (χ0v) is 19.8. The number of ether oxygens (including phenoxy) is 1. The van der Waals surface area contributed by atoms with Crippen molar-refractivity contribution in [2.45, 2.75) is 91.6 Å². The van der Waals surface area contributed by atoms with Crippen molar-refractivity contribution in [3.8, 4) is 11.5 Å². The molecule has 2 rings (SSSR count). The van der Waals surface area contributed by atoms with Crippen molar-refractivity contribution in [2.75, 3.05) is 0 Å². The lowest BCUT2D eigenvalue weighted by Crippen LogP contribution is -2.36. The van der Waals surface area contributed by atoms with Crippen molar-refractivity contribution in [1.29, 1.82) is 0 Å². The van der Waals surface area contributed by atoms with E-state index in [0.29, 0.717) is 17.7 Å². The summed E-state index contributed by atoms with van der Waals surface area (Å²) in [6.45, 7) is 10.3. The first-order valence-electron chi connectivity index (χ1n) is 11.3. The Morgan fingerprint density at radius 3 is 2.48 bits per heavy atom. The van der Waals surface area contributed by atoms with Gasteiger partial charge in [0.05, 0.1) is 0 Å². The molecular weight excluding hydrogens is 388 g/mol. The van der Waals surface area contributed by atoms with Crippen LogP contribution in [0.4, 0.5) is 0 Å². The summed E-state index contributed by atoms with van der Waals surface area (Å²) < 4.78 is 6.36. The van der Waals surface area contributed by atoms with Crippen molar-refractivity contribution >= 4 is 5.97 Å². The molecule has 0 amide bonds. The topological polar surface area (TPSA) is 66.8 Å². The molecule has 0 unspecified atom stereocenters.